The molecule has 2 N–H and O–H groups in total. The fourth-order valence-electron chi connectivity index (χ4n) is 2.75. The quantitative estimate of drug-likeness (QED) is 0.852. The average molecular weight is 303 g/mol. The van der Waals surface area contributed by atoms with Gasteiger partial charge in [-0.15, -0.1) is 0 Å². The predicted octanol–water partition coefficient (Wildman–Crippen LogP) is 0.347. The monoisotopic (exact) mass is 303 g/mol. The molecule has 2 aromatic heterocycles. The molecule has 1 aliphatic heterocycles. The molecule has 2 unspecified atom stereocenters. The normalized spacial score (nSPS) is 21.3. The second kappa shape index (κ2) is 5.76. The van der Waals surface area contributed by atoms with Crippen molar-refractivity contribution in [2.24, 2.45) is 5.92 Å². The smallest absolute Gasteiger partial charge is 0.260 e. The first-order valence-electron chi connectivity index (χ1n) is 7.12. The van der Waals surface area contributed by atoms with Crippen LogP contribution in [0.25, 0.3) is 0 Å². The first kappa shape index (κ1) is 14.5. The van der Waals surface area contributed by atoms with Crippen LogP contribution in [0.5, 0.6) is 0 Å². The molecule has 7 nitrogen and oxygen atoms in total. The molecule has 0 saturated carbocycles. The molecular formula is C15H17N3O4. The van der Waals surface area contributed by atoms with E-state index in [0.717, 1.165) is 5.69 Å². The minimum atomic E-state index is -0.642. The lowest BCUT2D eigenvalue weighted by Gasteiger charge is -2.15. The number of aliphatic hydroxyl groups is 1. The molecule has 0 spiro atoms. The molecule has 116 valence electrons. The number of carbonyl (C=O) groups is 1. The number of hydrogen-bond donors (Lipinski definition) is 2. The summed E-state index contributed by atoms with van der Waals surface area (Å²) in [7, 11) is 0. The molecule has 7 heteroatoms. The Hall–Kier alpha value is -2.41. The summed E-state index contributed by atoms with van der Waals surface area (Å²) < 4.78 is 5.15. The van der Waals surface area contributed by atoms with Gasteiger partial charge in [-0.1, -0.05) is 5.16 Å². The van der Waals surface area contributed by atoms with Crippen molar-refractivity contribution in [2.75, 3.05) is 13.1 Å². The molecule has 1 amide bonds. The summed E-state index contributed by atoms with van der Waals surface area (Å²) in [5, 5.41) is 14.0. The summed E-state index contributed by atoms with van der Waals surface area (Å²) >= 11 is 0. The lowest BCUT2D eigenvalue weighted by Crippen LogP contribution is -2.33. The van der Waals surface area contributed by atoms with E-state index in [9.17, 15) is 14.7 Å². The van der Waals surface area contributed by atoms with Gasteiger partial charge >= 0.3 is 0 Å². The number of aromatic amines is 1. The highest BCUT2D eigenvalue weighted by atomic mass is 16.5. The topological polar surface area (TPSA) is 99.4 Å². The summed E-state index contributed by atoms with van der Waals surface area (Å²) in [6.07, 6.45) is 1.35. The van der Waals surface area contributed by atoms with Crippen molar-refractivity contribution < 1.29 is 14.4 Å². The number of β-amino-alcohol motifs (C(OH)–C–C–N with tert-alkyl or cyclic N) is 1. The number of pyridine rings is 1. The Morgan fingerprint density at radius 2 is 2.36 bits per heavy atom. The van der Waals surface area contributed by atoms with Crippen LogP contribution in [0, 0.1) is 12.8 Å². The largest absolute Gasteiger partial charge is 0.391 e. The van der Waals surface area contributed by atoms with Gasteiger partial charge in [-0.3, -0.25) is 9.59 Å². The van der Waals surface area contributed by atoms with Gasteiger partial charge < -0.3 is 19.5 Å². The highest BCUT2D eigenvalue weighted by Gasteiger charge is 2.35. The highest BCUT2D eigenvalue weighted by Crippen LogP contribution is 2.23. The van der Waals surface area contributed by atoms with Crippen molar-refractivity contribution in [3.8, 4) is 0 Å². The molecule has 2 aromatic rings. The third-order valence-electron chi connectivity index (χ3n) is 3.88. The van der Waals surface area contributed by atoms with E-state index in [1.807, 2.05) is 13.0 Å². The van der Waals surface area contributed by atoms with Crippen LogP contribution < -0.4 is 5.56 Å². The van der Waals surface area contributed by atoms with Crippen molar-refractivity contribution in [2.45, 2.75) is 19.4 Å². The highest BCUT2D eigenvalue weighted by molar-refractivity contribution is 5.94. The van der Waals surface area contributed by atoms with Gasteiger partial charge in [0.15, 0.2) is 0 Å². The lowest BCUT2D eigenvalue weighted by atomic mass is 10.0. The molecule has 0 aromatic carbocycles. The molecule has 3 heterocycles. The number of likely N-dealkylation sites (tertiary alicyclic amines) is 1. The number of carbonyl (C=O) groups excluding carboxylic acids is 1. The average Bonchev–Trinajstić information content (AvgIpc) is 3.06. The minimum Gasteiger partial charge on any atom is -0.391 e. The Bertz CT molecular complexity index is 736. The summed E-state index contributed by atoms with van der Waals surface area (Å²) in [4.78, 5) is 28.0. The van der Waals surface area contributed by atoms with Gasteiger partial charge in [-0.2, -0.15) is 0 Å². The Morgan fingerprint density at radius 1 is 1.55 bits per heavy atom. The minimum absolute atomic E-state index is 0.0888. The van der Waals surface area contributed by atoms with Crippen LogP contribution in [0.15, 0.2) is 33.7 Å². The third-order valence-corrected chi connectivity index (χ3v) is 3.88. The number of nitrogens with zero attached hydrogens (tertiary/aromatic N) is 2. The molecule has 22 heavy (non-hydrogen) atoms. The van der Waals surface area contributed by atoms with Crippen molar-refractivity contribution in [1.82, 2.24) is 15.0 Å². The molecule has 0 aliphatic carbocycles. The van der Waals surface area contributed by atoms with Crippen LogP contribution in [0.1, 0.15) is 21.8 Å². The maximum atomic E-state index is 12.4. The number of amides is 1. The van der Waals surface area contributed by atoms with E-state index >= 15 is 0 Å². The molecule has 1 fully saturated rings. The molecule has 2 atom stereocenters. The summed E-state index contributed by atoms with van der Waals surface area (Å²) in [6.45, 7) is 2.43. The zero-order valence-electron chi connectivity index (χ0n) is 12.2. The first-order chi connectivity index (χ1) is 10.5. The van der Waals surface area contributed by atoms with E-state index in [1.54, 1.807) is 6.07 Å². The van der Waals surface area contributed by atoms with Crippen LogP contribution >= 0.6 is 0 Å². The van der Waals surface area contributed by atoms with Gasteiger partial charge in [0.1, 0.15) is 11.3 Å². The maximum absolute atomic E-state index is 12.4. The maximum Gasteiger partial charge on any atom is 0.260 e. The van der Waals surface area contributed by atoms with Crippen LogP contribution in [-0.4, -0.2) is 45.2 Å². The third kappa shape index (κ3) is 2.80. The van der Waals surface area contributed by atoms with Crippen molar-refractivity contribution in [3.05, 3.63) is 51.8 Å². The first-order valence-corrected chi connectivity index (χ1v) is 7.12. The second-order valence-electron chi connectivity index (χ2n) is 5.59. The number of aryl methyl sites for hydroxylation is 1. The standard InChI is InChI=1S/C15H17N3O4/c1-9-5-11(22-17-9)6-10-7-18(8-13(10)19)15(21)12-3-2-4-16-14(12)20/h2-5,10,13,19H,6-8H2,1H3,(H,16,20). The lowest BCUT2D eigenvalue weighted by molar-refractivity contribution is 0.0763. The fourth-order valence-corrected chi connectivity index (χ4v) is 2.75. The van der Waals surface area contributed by atoms with E-state index in [1.165, 1.54) is 17.2 Å². The van der Waals surface area contributed by atoms with Crippen LogP contribution in [0.3, 0.4) is 0 Å². The van der Waals surface area contributed by atoms with Gasteiger partial charge in [0.25, 0.3) is 11.5 Å². The van der Waals surface area contributed by atoms with Crippen LogP contribution in [-0.2, 0) is 6.42 Å². The number of aliphatic hydroxyl groups excluding tert-OH is 1. The number of aromatic nitrogens is 2. The van der Waals surface area contributed by atoms with E-state index in [-0.39, 0.29) is 23.9 Å². The summed E-state index contributed by atoms with van der Waals surface area (Å²) in [6, 6.07) is 4.91. The molecule has 1 saturated heterocycles. The van der Waals surface area contributed by atoms with E-state index in [4.69, 9.17) is 4.52 Å². The fraction of sp³-hybridized carbons (Fsp3) is 0.400. The van der Waals surface area contributed by atoms with E-state index < -0.39 is 11.7 Å². The number of nitrogens with one attached hydrogen (secondary N) is 1. The van der Waals surface area contributed by atoms with Crippen molar-refractivity contribution in [1.29, 1.82) is 0 Å². The van der Waals surface area contributed by atoms with Crippen molar-refractivity contribution >= 4 is 5.91 Å². The molecule has 3 rings (SSSR count). The van der Waals surface area contributed by atoms with Gasteiger partial charge in [0.05, 0.1) is 11.8 Å². The molecule has 0 radical (unpaired) electrons. The predicted molar refractivity (Wildman–Crippen MR) is 77.4 cm³/mol. The SMILES string of the molecule is Cc1cc(CC2CN(C(=O)c3ccc[nH]c3=O)CC2O)on1. The van der Waals surface area contributed by atoms with Gasteiger partial charge in [0.2, 0.25) is 0 Å². The summed E-state index contributed by atoms with van der Waals surface area (Å²) in [5.74, 6) is 0.199. The Kier molecular flexibility index (Phi) is 3.81. The molecule has 0 bridgehead atoms. The summed E-state index contributed by atoms with van der Waals surface area (Å²) in [5.41, 5.74) is 0.452. The number of hydrogen-bond acceptors (Lipinski definition) is 5. The van der Waals surface area contributed by atoms with E-state index in [0.29, 0.717) is 18.7 Å². The zero-order valence-corrected chi connectivity index (χ0v) is 12.2. The van der Waals surface area contributed by atoms with Crippen molar-refractivity contribution in [3.63, 3.8) is 0 Å². The van der Waals surface area contributed by atoms with Gasteiger partial charge in [-0.05, 0) is 19.1 Å². The van der Waals surface area contributed by atoms with Crippen LogP contribution in [0.2, 0.25) is 0 Å². The van der Waals surface area contributed by atoms with Crippen LogP contribution in [0.4, 0.5) is 0 Å². The number of rotatable bonds is 3. The van der Waals surface area contributed by atoms with Gasteiger partial charge in [0, 0.05) is 37.7 Å². The zero-order chi connectivity index (χ0) is 15.7. The van der Waals surface area contributed by atoms with E-state index in [2.05, 4.69) is 10.1 Å². The second-order valence-corrected chi connectivity index (χ2v) is 5.59. The molecule has 1 aliphatic rings. The Morgan fingerprint density at radius 3 is 3.05 bits per heavy atom. The van der Waals surface area contributed by atoms with Gasteiger partial charge in [-0.25, -0.2) is 0 Å². The molecular weight excluding hydrogens is 286 g/mol. The Balaban J connectivity index is 1.71. The number of H-pyrrole nitrogens is 1. The Labute approximate surface area is 126 Å².